The second kappa shape index (κ2) is 4.45. The van der Waals surface area contributed by atoms with Gasteiger partial charge in [0.15, 0.2) is 0 Å². The number of carbonyl (C=O) groups is 1. The number of carbonyl (C=O) groups excluding carboxylic acids is 1. The lowest BCUT2D eigenvalue weighted by Gasteiger charge is -2.30. The first-order chi connectivity index (χ1) is 7.00. The minimum Gasteiger partial charge on any atom is -0.358 e. The van der Waals surface area contributed by atoms with Crippen LogP contribution < -0.4 is 11.1 Å². The highest BCUT2D eigenvalue weighted by atomic mass is 16.2. The largest absolute Gasteiger partial charge is 0.358 e. The smallest absolute Gasteiger partial charge is 0.237 e. The molecule has 1 atom stereocenters. The first kappa shape index (κ1) is 11.7. The molecule has 1 unspecified atom stereocenters. The van der Waals surface area contributed by atoms with Gasteiger partial charge in [-0.2, -0.15) is 0 Å². The van der Waals surface area contributed by atoms with E-state index < -0.39 is 6.04 Å². The Morgan fingerprint density at radius 3 is 2.33 bits per heavy atom. The standard InChI is InChI=1S/C12H18N2O/c1-12(2,10(13)11(15)14-3)9-7-5-4-6-8-9/h4-8,10H,13H2,1-3H3,(H,14,15). The summed E-state index contributed by atoms with van der Waals surface area (Å²) < 4.78 is 0. The van der Waals surface area contributed by atoms with Gasteiger partial charge in [-0.3, -0.25) is 4.79 Å². The van der Waals surface area contributed by atoms with Crippen molar-refractivity contribution in [2.75, 3.05) is 7.05 Å². The van der Waals surface area contributed by atoms with Crippen LogP contribution in [0.25, 0.3) is 0 Å². The minimum atomic E-state index is -0.537. The van der Waals surface area contributed by atoms with E-state index in [2.05, 4.69) is 5.32 Å². The zero-order chi connectivity index (χ0) is 11.5. The van der Waals surface area contributed by atoms with Crippen LogP contribution in [0.3, 0.4) is 0 Å². The van der Waals surface area contributed by atoms with Crippen LogP contribution in [-0.2, 0) is 10.2 Å². The summed E-state index contributed by atoms with van der Waals surface area (Å²) in [5.74, 6) is -0.135. The van der Waals surface area contributed by atoms with Crippen molar-refractivity contribution in [2.24, 2.45) is 5.73 Å². The molecule has 0 radical (unpaired) electrons. The Kier molecular flexibility index (Phi) is 3.48. The molecule has 0 fully saturated rings. The summed E-state index contributed by atoms with van der Waals surface area (Å²) in [5, 5.41) is 2.58. The highest BCUT2D eigenvalue weighted by Crippen LogP contribution is 2.25. The molecule has 1 rings (SSSR count). The molecule has 0 bridgehead atoms. The molecule has 3 nitrogen and oxygen atoms in total. The summed E-state index contributed by atoms with van der Waals surface area (Å²) in [4.78, 5) is 11.5. The molecule has 0 aromatic heterocycles. The quantitative estimate of drug-likeness (QED) is 0.776. The van der Waals surface area contributed by atoms with Crippen molar-refractivity contribution in [3.8, 4) is 0 Å². The number of nitrogens with one attached hydrogen (secondary N) is 1. The number of hydrogen-bond acceptors (Lipinski definition) is 2. The topological polar surface area (TPSA) is 55.1 Å². The minimum absolute atomic E-state index is 0.135. The van der Waals surface area contributed by atoms with E-state index in [1.165, 1.54) is 0 Å². The van der Waals surface area contributed by atoms with E-state index in [4.69, 9.17) is 5.73 Å². The van der Waals surface area contributed by atoms with Crippen molar-refractivity contribution in [3.05, 3.63) is 35.9 Å². The van der Waals surface area contributed by atoms with Crippen LogP contribution in [0.2, 0.25) is 0 Å². The number of rotatable bonds is 3. The Hall–Kier alpha value is -1.35. The molecule has 1 aromatic carbocycles. The third-order valence-electron chi connectivity index (χ3n) is 2.82. The Balaban J connectivity index is 2.97. The molecule has 82 valence electrons. The van der Waals surface area contributed by atoms with E-state index in [1.807, 2.05) is 44.2 Å². The van der Waals surface area contributed by atoms with Gasteiger partial charge in [0.2, 0.25) is 5.91 Å². The lowest BCUT2D eigenvalue weighted by Crippen LogP contribution is -2.51. The normalized spacial score (nSPS) is 13.3. The summed E-state index contributed by atoms with van der Waals surface area (Å²) in [6.07, 6.45) is 0. The third-order valence-corrected chi connectivity index (χ3v) is 2.82. The molecule has 15 heavy (non-hydrogen) atoms. The first-order valence-corrected chi connectivity index (χ1v) is 5.03. The predicted molar refractivity (Wildman–Crippen MR) is 61.5 cm³/mol. The summed E-state index contributed by atoms with van der Waals surface area (Å²) in [5.41, 5.74) is 6.64. The van der Waals surface area contributed by atoms with E-state index in [1.54, 1.807) is 7.05 Å². The van der Waals surface area contributed by atoms with Gasteiger partial charge in [0, 0.05) is 12.5 Å². The van der Waals surface area contributed by atoms with E-state index in [9.17, 15) is 4.79 Å². The fourth-order valence-electron chi connectivity index (χ4n) is 1.53. The monoisotopic (exact) mass is 206 g/mol. The average Bonchev–Trinajstić information content (AvgIpc) is 2.28. The van der Waals surface area contributed by atoms with E-state index in [-0.39, 0.29) is 11.3 Å². The predicted octanol–water partition coefficient (Wildman–Crippen LogP) is 1.04. The van der Waals surface area contributed by atoms with Crippen LogP contribution in [0.4, 0.5) is 0 Å². The van der Waals surface area contributed by atoms with Crippen molar-refractivity contribution < 1.29 is 4.79 Å². The molecule has 0 spiro atoms. The molecule has 1 aromatic rings. The fourth-order valence-corrected chi connectivity index (χ4v) is 1.53. The molecular weight excluding hydrogens is 188 g/mol. The second-order valence-electron chi connectivity index (χ2n) is 4.18. The summed E-state index contributed by atoms with van der Waals surface area (Å²) in [6.45, 7) is 3.95. The van der Waals surface area contributed by atoms with Gasteiger partial charge >= 0.3 is 0 Å². The van der Waals surface area contributed by atoms with Gasteiger partial charge in [0.25, 0.3) is 0 Å². The molecule has 0 aliphatic carbocycles. The number of hydrogen-bond donors (Lipinski definition) is 2. The maximum absolute atomic E-state index is 11.5. The van der Waals surface area contributed by atoms with Gasteiger partial charge in [-0.05, 0) is 5.56 Å². The van der Waals surface area contributed by atoms with Gasteiger partial charge in [-0.1, -0.05) is 44.2 Å². The third kappa shape index (κ3) is 2.36. The maximum Gasteiger partial charge on any atom is 0.237 e. The van der Waals surface area contributed by atoms with Crippen molar-refractivity contribution in [1.29, 1.82) is 0 Å². The van der Waals surface area contributed by atoms with Crippen LogP contribution in [0.5, 0.6) is 0 Å². The zero-order valence-corrected chi connectivity index (χ0v) is 9.45. The van der Waals surface area contributed by atoms with Gasteiger partial charge < -0.3 is 11.1 Å². The number of nitrogens with two attached hydrogens (primary N) is 1. The van der Waals surface area contributed by atoms with Crippen molar-refractivity contribution in [1.82, 2.24) is 5.32 Å². The summed E-state index contributed by atoms with van der Waals surface area (Å²) in [6, 6.07) is 9.29. The van der Waals surface area contributed by atoms with Crippen molar-refractivity contribution in [3.63, 3.8) is 0 Å². The molecule has 3 heteroatoms. The van der Waals surface area contributed by atoms with Gasteiger partial charge in [0.1, 0.15) is 0 Å². The van der Waals surface area contributed by atoms with Crippen LogP contribution in [0.1, 0.15) is 19.4 Å². The van der Waals surface area contributed by atoms with Gasteiger partial charge in [-0.25, -0.2) is 0 Å². The SMILES string of the molecule is CNC(=O)C(N)C(C)(C)c1ccccc1. The van der Waals surface area contributed by atoms with E-state index >= 15 is 0 Å². The molecule has 1 amide bonds. The highest BCUT2D eigenvalue weighted by Gasteiger charge is 2.32. The summed E-state index contributed by atoms with van der Waals surface area (Å²) in [7, 11) is 1.60. The molecule has 0 saturated heterocycles. The molecular formula is C12H18N2O. The number of amides is 1. The number of likely N-dealkylation sites (N-methyl/N-ethyl adjacent to an activating group) is 1. The highest BCUT2D eigenvalue weighted by molar-refractivity contribution is 5.83. The maximum atomic E-state index is 11.5. The Morgan fingerprint density at radius 1 is 1.33 bits per heavy atom. The Bertz CT molecular complexity index is 333. The van der Waals surface area contributed by atoms with Crippen LogP contribution >= 0.6 is 0 Å². The molecule has 0 aliphatic heterocycles. The van der Waals surface area contributed by atoms with E-state index in [0.29, 0.717) is 0 Å². The van der Waals surface area contributed by atoms with Crippen molar-refractivity contribution in [2.45, 2.75) is 25.3 Å². The molecule has 0 saturated carbocycles. The molecule has 3 N–H and O–H groups in total. The van der Waals surface area contributed by atoms with Gasteiger partial charge in [0.05, 0.1) is 6.04 Å². The van der Waals surface area contributed by atoms with Crippen molar-refractivity contribution >= 4 is 5.91 Å². The van der Waals surface area contributed by atoms with Gasteiger partial charge in [-0.15, -0.1) is 0 Å². The average molecular weight is 206 g/mol. The second-order valence-corrected chi connectivity index (χ2v) is 4.18. The molecule has 0 aliphatic rings. The zero-order valence-electron chi connectivity index (χ0n) is 9.45. The van der Waals surface area contributed by atoms with Crippen LogP contribution in [-0.4, -0.2) is 19.0 Å². The van der Waals surface area contributed by atoms with Crippen LogP contribution in [0.15, 0.2) is 30.3 Å². The lowest BCUT2D eigenvalue weighted by atomic mass is 9.78. The Morgan fingerprint density at radius 2 is 1.87 bits per heavy atom. The lowest BCUT2D eigenvalue weighted by molar-refractivity contribution is -0.123. The van der Waals surface area contributed by atoms with Crippen LogP contribution in [0, 0.1) is 0 Å². The summed E-state index contributed by atoms with van der Waals surface area (Å²) >= 11 is 0. The molecule has 0 heterocycles. The fraction of sp³-hybridized carbons (Fsp3) is 0.417. The number of benzene rings is 1. The first-order valence-electron chi connectivity index (χ1n) is 5.03. The van der Waals surface area contributed by atoms with E-state index in [0.717, 1.165) is 5.56 Å². The Labute approximate surface area is 90.7 Å².